The Morgan fingerprint density at radius 1 is 1.07 bits per heavy atom. The highest BCUT2D eigenvalue weighted by Crippen LogP contribution is 2.32. The van der Waals surface area contributed by atoms with Crippen LogP contribution < -0.4 is 0 Å². The van der Waals surface area contributed by atoms with E-state index in [1.165, 1.54) is 12.1 Å². The lowest BCUT2D eigenvalue weighted by molar-refractivity contribution is -0.0479. The van der Waals surface area contributed by atoms with Gasteiger partial charge in [-0.1, -0.05) is 12.1 Å². The second kappa shape index (κ2) is 10.1. The van der Waals surface area contributed by atoms with E-state index in [1.54, 1.807) is 33.5 Å². The summed E-state index contributed by atoms with van der Waals surface area (Å²) in [5.41, 5.74) is -0.129. The highest BCUT2D eigenvalue weighted by atomic mass is 28.4. The molecule has 8 nitrogen and oxygen atoms in total. The normalized spacial score (nSPS) is 22.6. The molecule has 1 aromatic rings. The molecule has 9 heteroatoms. The van der Waals surface area contributed by atoms with E-state index < -0.39 is 33.0 Å². The van der Waals surface area contributed by atoms with Crippen molar-refractivity contribution >= 4 is 20.7 Å². The summed E-state index contributed by atoms with van der Waals surface area (Å²) in [5, 5.41) is 19.6. The number of ether oxygens (including phenoxy) is 1. The van der Waals surface area contributed by atoms with Gasteiger partial charge in [-0.2, -0.15) is 0 Å². The lowest BCUT2D eigenvalue weighted by Crippen LogP contribution is -2.44. The van der Waals surface area contributed by atoms with Crippen molar-refractivity contribution < 1.29 is 37.8 Å². The number of aliphatic hydroxyl groups is 1. The van der Waals surface area contributed by atoms with Gasteiger partial charge in [-0.25, -0.2) is 9.59 Å². The largest absolute Gasteiger partial charge is 0.500 e. The van der Waals surface area contributed by atoms with E-state index in [9.17, 15) is 19.8 Å². The molecule has 1 saturated carbocycles. The molecule has 3 unspecified atom stereocenters. The van der Waals surface area contributed by atoms with Gasteiger partial charge in [-0.3, -0.25) is 0 Å². The number of benzene rings is 1. The summed E-state index contributed by atoms with van der Waals surface area (Å²) in [4.78, 5) is 23.7. The van der Waals surface area contributed by atoms with E-state index in [0.29, 0.717) is 18.9 Å². The van der Waals surface area contributed by atoms with Crippen molar-refractivity contribution in [3.8, 4) is 0 Å². The van der Waals surface area contributed by atoms with Crippen LogP contribution >= 0.6 is 0 Å². The monoisotopic (exact) mass is 412 g/mol. The fraction of sp³-hybridized carbons (Fsp3) is 0.579. The van der Waals surface area contributed by atoms with Crippen molar-refractivity contribution in [3.63, 3.8) is 0 Å². The van der Waals surface area contributed by atoms with Crippen molar-refractivity contribution in [3.05, 3.63) is 35.4 Å². The van der Waals surface area contributed by atoms with Crippen LogP contribution in [0.15, 0.2) is 24.3 Å². The average molecular weight is 413 g/mol. The van der Waals surface area contributed by atoms with Crippen molar-refractivity contribution in [1.29, 1.82) is 0 Å². The van der Waals surface area contributed by atoms with E-state index in [2.05, 4.69) is 0 Å². The van der Waals surface area contributed by atoms with Gasteiger partial charge in [0.15, 0.2) is 0 Å². The minimum Gasteiger partial charge on any atom is -0.478 e. The van der Waals surface area contributed by atoms with Crippen molar-refractivity contribution in [2.45, 2.75) is 43.9 Å². The smallest absolute Gasteiger partial charge is 0.478 e. The number of aromatic carboxylic acids is 1. The molecule has 0 aliphatic heterocycles. The molecule has 1 aliphatic rings. The topological polar surface area (TPSA) is 112 Å². The molecule has 0 radical (unpaired) electrons. The van der Waals surface area contributed by atoms with Crippen LogP contribution in [0, 0.1) is 5.92 Å². The molecule has 2 N–H and O–H groups in total. The van der Waals surface area contributed by atoms with E-state index >= 15 is 0 Å². The predicted molar refractivity (Wildman–Crippen MR) is 102 cm³/mol. The van der Waals surface area contributed by atoms with Crippen molar-refractivity contribution in [2.75, 3.05) is 21.3 Å². The maximum Gasteiger partial charge on any atom is 0.500 e. The zero-order chi connectivity index (χ0) is 20.7. The molecule has 3 atom stereocenters. The summed E-state index contributed by atoms with van der Waals surface area (Å²) in [5.74, 6) is -1.69. The predicted octanol–water partition coefficient (Wildman–Crippen LogP) is 2.34. The van der Waals surface area contributed by atoms with Crippen molar-refractivity contribution in [1.82, 2.24) is 0 Å². The lowest BCUT2D eigenvalue weighted by atomic mass is 9.84. The molecule has 1 fully saturated rings. The fourth-order valence-electron chi connectivity index (χ4n) is 3.59. The molecule has 156 valence electrons. The number of carboxylic acids is 1. The summed E-state index contributed by atoms with van der Waals surface area (Å²) in [6, 6.07) is 6.53. The van der Waals surface area contributed by atoms with E-state index in [1.807, 2.05) is 0 Å². The maximum atomic E-state index is 12.4. The van der Waals surface area contributed by atoms with Crippen LogP contribution in [-0.4, -0.2) is 64.5 Å². The van der Waals surface area contributed by atoms with Crippen LogP contribution in [0.5, 0.6) is 0 Å². The van der Waals surface area contributed by atoms with Gasteiger partial charge in [-0.05, 0) is 43.7 Å². The molecule has 0 aromatic heterocycles. The number of carbonyl (C=O) groups excluding carboxylic acids is 1. The standard InChI is InChI=1S/C19H28O8Si/c1-24-28(25-2,26-3)11-10-13-8-9-17(16(20)12-13)27-19(23)15-7-5-4-6-14(15)18(21)22/h4-7,13,16-17,20H,8-12H2,1-3H3,(H,21,22). The first kappa shape index (κ1) is 22.5. The highest BCUT2D eigenvalue weighted by molar-refractivity contribution is 6.60. The molecular weight excluding hydrogens is 384 g/mol. The van der Waals surface area contributed by atoms with E-state index in [-0.39, 0.29) is 17.0 Å². The quantitative estimate of drug-likeness (QED) is 0.470. The Kier molecular flexibility index (Phi) is 8.14. The van der Waals surface area contributed by atoms with Gasteiger partial charge >= 0.3 is 20.7 Å². The molecule has 28 heavy (non-hydrogen) atoms. The summed E-state index contributed by atoms with van der Waals surface area (Å²) >= 11 is 0. The molecule has 0 amide bonds. The molecule has 1 aromatic carbocycles. The molecule has 0 heterocycles. The zero-order valence-corrected chi connectivity index (χ0v) is 17.4. The summed E-state index contributed by atoms with van der Waals surface area (Å²) in [6.07, 6.45) is 1.09. The molecule has 0 saturated heterocycles. The second-order valence-electron chi connectivity index (χ2n) is 6.87. The van der Waals surface area contributed by atoms with Crippen LogP contribution in [-0.2, 0) is 18.0 Å². The molecule has 2 rings (SSSR count). The van der Waals surface area contributed by atoms with Gasteiger partial charge < -0.3 is 28.2 Å². The minimum atomic E-state index is -2.65. The number of esters is 1. The zero-order valence-electron chi connectivity index (χ0n) is 16.4. The molecule has 0 spiro atoms. The average Bonchev–Trinajstić information content (AvgIpc) is 2.71. The number of hydrogen-bond acceptors (Lipinski definition) is 7. The van der Waals surface area contributed by atoms with Gasteiger partial charge in [0.1, 0.15) is 6.10 Å². The third kappa shape index (κ3) is 5.39. The Hall–Kier alpha value is -1.78. The number of hydrogen-bond donors (Lipinski definition) is 2. The second-order valence-corrected chi connectivity index (χ2v) is 9.97. The lowest BCUT2D eigenvalue weighted by Gasteiger charge is -2.34. The third-order valence-electron chi connectivity index (χ3n) is 5.29. The Morgan fingerprint density at radius 3 is 2.21 bits per heavy atom. The Labute approximate surface area is 165 Å². The van der Waals surface area contributed by atoms with Gasteiger partial charge in [0, 0.05) is 27.4 Å². The number of aliphatic hydroxyl groups excluding tert-OH is 1. The first-order valence-corrected chi connectivity index (χ1v) is 11.2. The van der Waals surface area contributed by atoms with Crippen LogP contribution in [0.4, 0.5) is 0 Å². The fourth-order valence-corrected chi connectivity index (χ4v) is 5.46. The third-order valence-corrected chi connectivity index (χ3v) is 8.06. The van der Waals surface area contributed by atoms with Crippen LogP contribution in [0.1, 0.15) is 46.4 Å². The number of carbonyl (C=O) groups is 2. The van der Waals surface area contributed by atoms with Gasteiger partial charge in [0.05, 0.1) is 17.2 Å². The summed E-state index contributed by atoms with van der Waals surface area (Å²) in [6.45, 7) is 0. The Balaban J connectivity index is 1.92. The van der Waals surface area contributed by atoms with Crippen LogP contribution in [0.3, 0.4) is 0 Å². The van der Waals surface area contributed by atoms with Gasteiger partial charge in [0.2, 0.25) is 0 Å². The molecule has 1 aliphatic carbocycles. The van der Waals surface area contributed by atoms with E-state index in [4.69, 9.17) is 18.0 Å². The summed E-state index contributed by atoms with van der Waals surface area (Å²) < 4.78 is 21.7. The molecular formula is C19H28O8Si. The van der Waals surface area contributed by atoms with E-state index in [0.717, 1.165) is 12.8 Å². The summed E-state index contributed by atoms with van der Waals surface area (Å²) in [7, 11) is 2.06. The molecule has 0 bridgehead atoms. The number of carboxylic acid groups (broad SMARTS) is 1. The van der Waals surface area contributed by atoms with Crippen molar-refractivity contribution in [2.24, 2.45) is 5.92 Å². The van der Waals surface area contributed by atoms with Gasteiger partial charge in [0.25, 0.3) is 0 Å². The Morgan fingerprint density at radius 2 is 1.68 bits per heavy atom. The minimum absolute atomic E-state index is 0.0135. The Bertz CT molecular complexity index is 667. The van der Waals surface area contributed by atoms with Gasteiger partial charge in [-0.15, -0.1) is 0 Å². The SMILES string of the molecule is CO[Si](CCC1CCC(OC(=O)c2ccccc2C(=O)O)C(O)C1)(OC)OC. The maximum absolute atomic E-state index is 12.4. The first-order chi connectivity index (χ1) is 13.4. The number of rotatable bonds is 9. The van der Waals surface area contributed by atoms with Crippen LogP contribution in [0.2, 0.25) is 6.04 Å². The van der Waals surface area contributed by atoms with Crippen LogP contribution in [0.25, 0.3) is 0 Å². The first-order valence-electron chi connectivity index (χ1n) is 9.22. The highest BCUT2D eigenvalue weighted by Gasteiger charge is 2.40.